The third-order valence-electron chi connectivity index (χ3n) is 2.85. The van der Waals surface area contributed by atoms with Gasteiger partial charge in [0.25, 0.3) is 5.24 Å². The smallest absolute Gasteiger partial charge is 0.289 e. The zero-order valence-electron chi connectivity index (χ0n) is 10.4. The fourth-order valence-corrected chi connectivity index (χ4v) is 1.86. The minimum absolute atomic E-state index is 0.132. The van der Waals surface area contributed by atoms with Gasteiger partial charge < -0.3 is 0 Å². The van der Waals surface area contributed by atoms with Crippen LogP contribution in [0.2, 0.25) is 0 Å². The number of carbonyl (C=O) groups is 2. The molecule has 0 spiro atoms. The summed E-state index contributed by atoms with van der Waals surface area (Å²) in [6.45, 7) is 0. The molecule has 2 nitrogen and oxygen atoms in total. The molecule has 21 heavy (non-hydrogen) atoms. The highest BCUT2D eigenvalue weighted by atomic mass is 35.5. The Balaban J connectivity index is 2.25. The van der Waals surface area contributed by atoms with Crippen molar-refractivity contribution in [1.29, 1.82) is 0 Å². The molecule has 2 aromatic rings. The van der Waals surface area contributed by atoms with Crippen LogP contribution in [0.15, 0.2) is 48.5 Å². The van der Waals surface area contributed by atoms with E-state index in [2.05, 4.69) is 0 Å². The highest BCUT2D eigenvalue weighted by molar-refractivity contribution is 6.67. The van der Waals surface area contributed by atoms with E-state index in [1.54, 1.807) is 0 Å². The molecule has 0 aliphatic rings. The molecule has 2 rings (SSSR count). The Morgan fingerprint density at radius 3 is 1.52 bits per heavy atom. The van der Waals surface area contributed by atoms with E-state index in [-0.39, 0.29) is 16.7 Å². The summed E-state index contributed by atoms with van der Waals surface area (Å²) in [6, 6.07) is 9.50. The maximum atomic E-state index is 12.4. The van der Waals surface area contributed by atoms with Gasteiger partial charge in [0.1, 0.15) is 0 Å². The van der Waals surface area contributed by atoms with Gasteiger partial charge in [-0.1, -0.05) is 24.3 Å². The van der Waals surface area contributed by atoms with Crippen LogP contribution in [0.4, 0.5) is 13.2 Å². The molecule has 0 atom stereocenters. The summed E-state index contributed by atoms with van der Waals surface area (Å²) in [7, 11) is 0. The van der Waals surface area contributed by atoms with Crippen molar-refractivity contribution in [2.24, 2.45) is 0 Å². The van der Waals surface area contributed by atoms with Crippen molar-refractivity contribution in [1.82, 2.24) is 0 Å². The van der Waals surface area contributed by atoms with Gasteiger partial charge in [0.2, 0.25) is 0 Å². The molecule has 2 aromatic carbocycles. The predicted octanol–water partition coefficient (Wildman–Crippen LogP) is 4.32. The van der Waals surface area contributed by atoms with Gasteiger partial charge in [-0.05, 0) is 35.9 Å². The molecule has 0 N–H and O–H groups in total. The van der Waals surface area contributed by atoms with Gasteiger partial charge in [-0.3, -0.25) is 9.59 Å². The molecule has 6 heteroatoms. The lowest BCUT2D eigenvalue weighted by Crippen LogP contribution is -2.06. The second kappa shape index (κ2) is 5.69. The van der Waals surface area contributed by atoms with Crippen LogP contribution >= 0.6 is 11.6 Å². The second-order valence-electron chi connectivity index (χ2n) is 4.26. The van der Waals surface area contributed by atoms with Gasteiger partial charge in [-0.25, -0.2) is 0 Å². The summed E-state index contributed by atoms with van der Waals surface area (Å²) in [5.41, 5.74) is -0.188. The minimum atomic E-state index is -4.44. The van der Waals surface area contributed by atoms with E-state index in [0.717, 1.165) is 24.3 Å². The van der Waals surface area contributed by atoms with E-state index in [1.807, 2.05) is 0 Å². The van der Waals surface area contributed by atoms with E-state index in [4.69, 9.17) is 11.6 Å². The summed E-state index contributed by atoms with van der Waals surface area (Å²) in [4.78, 5) is 23.0. The highest BCUT2D eigenvalue weighted by Gasteiger charge is 2.30. The molecule has 0 unspecified atom stereocenters. The number of benzene rings is 2. The van der Waals surface area contributed by atoms with Gasteiger partial charge in [-0.15, -0.1) is 0 Å². The fourth-order valence-electron chi connectivity index (χ4n) is 1.73. The Labute approximate surface area is 123 Å². The molecule has 0 saturated heterocycles. The topological polar surface area (TPSA) is 34.1 Å². The number of carbonyl (C=O) groups excluding carboxylic acids is 2. The molecule has 0 aliphatic heterocycles. The van der Waals surface area contributed by atoms with Crippen LogP contribution in [0.5, 0.6) is 0 Å². The number of alkyl halides is 3. The first-order chi connectivity index (χ1) is 9.79. The lowest BCUT2D eigenvalue weighted by Gasteiger charge is -2.07. The third kappa shape index (κ3) is 3.49. The van der Waals surface area contributed by atoms with Crippen LogP contribution in [0.3, 0.4) is 0 Å². The molecule has 0 heterocycles. The molecule has 0 radical (unpaired) electrons. The Bertz CT molecular complexity index is 674. The SMILES string of the molecule is O=C(Cl)c1ccc(C(=O)c2ccc(C(F)(F)F)cc2)cc1. The largest absolute Gasteiger partial charge is 0.416 e. The van der Waals surface area contributed by atoms with Crippen molar-refractivity contribution in [2.75, 3.05) is 0 Å². The number of ketones is 1. The Morgan fingerprint density at radius 2 is 1.14 bits per heavy atom. The molecule has 108 valence electrons. The molecule has 0 aromatic heterocycles. The van der Waals surface area contributed by atoms with E-state index in [9.17, 15) is 22.8 Å². The van der Waals surface area contributed by atoms with Crippen LogP contribution in [-0.2, 0) is 6.18 Å². The van der Waals surface area contributed by atoms with Crippen molar-refractivity contribution in [2.45, 2.75) is 6.18 Å². The van der Waals surface area contributed by atoms with Gasteiger partial charge in [-0.2, -0.15) is 13.2 Å². The predicted molar refractivity (Wildman–Crippen MR) is 71.5 cm³/mol. The lowest BCUT2D eigenvalue weighted by molar-refractivity contribution is -0.137. The number of hydrogen-bond donors (Lipinski definition) is 0. The standard InChI is InChI=1S/C15H8ClF3O2/c16-14(21)11-3-1-9(2-4-11)13(20)10-5-7-12(8-6-10)15(17,18)19/h1-8H. The van der Waals surface area contributed by atoms with E-state index in [0.29, 0.717) is 0 Å². The van der Waals surface area contributed by atoms with Crippen molar-refractivity contribution >= 4 is 22.6 Å². The average molecular weight is 313 g/mol. The van der Waals surface area contributed by atoms with Crippen LogP contribution in [0.25, 0.3) is 0 Å². The quantitative estimate of drug-likeness (QED) is 0.625. The van der Waals surface area contributed by atoms with Crippen molar-refractivity contribution in [3.8, 4) is 0 Å². The summed E-state index contributed by atoms with van der Waals surface area (Å²) >= 11 is 5.28. The number of hydrogen-bond acceptors (Lipinski definition) is 2. The first-order valence-corrected chi connectivity index (χ1v) is 6.18. The van der Waals surface area contributed by atoms with Gasteiger partial charge >= 0.3 is 6.18 Å². The number of rotatable bonds is 3. The second-order valence-corrected chi connectivity index (χ2v) is 4.60. The summed E-state index contributed by atoms with van der Waals surface area (Å²) in [5.74, 6) is -0.433. The molecular formula is C15H8ClF3O2. The normalized spacial score (nSPS) is 11.2. The molecule has 0 bridgehead atoms. The lowest BCUT2D eigenvalue weighted by atomic mass is 10.0. The van der Waals surface area contributed by atoms with Crippen LogP contribution in [0, 0.1) is 0 Å². The summed E-state index contributed by atoms with van der Waals surface area (Å²) in [5, 5.41) is -0.650. The minimum Gasteiger partial charge on any atom is -0.289 e. The zero-order valence-corrected chi connectivity index (χ0v) is 11.2. The van der Waals surface area contributed by atoms with Crippen LogP contribution in [0.1, 0.15) is 31.8 Å². The maximum Gasteiger partial charge on any atom is 0.416 e. The Hall–Kier alpha value is -2.14. The van der Waals surface area contributed by atoms with Crippen molar-refractivity contribution < 1.29 is 22.8 Å². The zero-order chi connectivity index (χ0) is 15.6. The first kappa shape index (κ1) is 15.3. The van der Waals surface area contributed by atoms with Crippen LogP contribution < -0.4 is 0 Å². The fraction of sp³-hybridized carbons (Fsp3) is 0.0667. The van der Waals surface area contributed by atoms with Gasteiger partial charge in [0.15, 0.2) is 5.78 Å². The first-order valence-electron chi connectivity index (χ1n) is 5.81. The van der Waals surface area contributed by atoms with E-state index < -0.39 is 22.8 Å². The monoisotopic (exact) mass is 312 g/mol. The average Bonchev–Trinajstić information content (AvgIpc) is 2.46. The Kier molecular flexibility index (Phi) is 4.14. The van der Waals surface area contributed by atoms with Crippen molar-refractivity contribution in [3.63, 3.8) is 0 Å². The third-order valence-corrected chi connectivity index (χ3v) is 3.07. The summed E-state index contributed by atoms with van der Waals surface area (Å²) < 4.78 is 37.3. The van der Waals surface area contributed by atoms with Crippen LogP contribution in [-0.4, -0.2) is 11.0 Å². The van der Waals surface area contributed by atoms with Crippen molar-refractivity contribution in [3.05, 3.63) is 70.8 Å². The maximum absolute atomic E-state index is 12.4. The van der Waals surface area contributed by atoms with E-state index >= 15 is 0 Å². The van der Waals surface area contributed by atoms with Gasteiger partial charge in [0.05, 0.1) is 5.56 Å². The Morgan fingerprint density at radius 1 is 0.762 bits per heavy atom. The molecule has 0 saturated carbocycles. The molecule has 0 amide bonds. The molecule has 0 fully saturated rings. The van der Waals surface area contributed by atoms with Gasteiger partial charge in [0, 0.05) is 16.7 Å². The number of halogens is 4. The molecule has 0 aliphatic carbocycles. The molecular weight excluding hydrogens is 305 g/mol. The summed E-state index contributed by atoms with van der Waals surface area (Å²) in [6.07, 6.45) is -4.44. The van der Waals surface area contributed by atoms with E-state index in [1.165, 1.54) is 24.3 Å². The highest BCUT2D eigenvalue weighted by Crippen LogP contribution is 2.29.